The summed E-state index contributed by atoms with van der Waals surface area (Å²) in [6.45, 7) is 3.60. The zero-order valence-electron chi connectivity index (χ0n) is 19.0. The van der Waals surface area contributed by atoms with E-state index in [1.165, 1.54) is 36.5 Å². The first-order valence-electron chi connectivity index (χ1n) is 10.4. The van der Waals surface area contributed by atoms with E-state index < -0.39 is 32.0 Å². The Morgan fingerprint density at radius 2 is 1.62 bits per heavy atom. The maximum Gasteiger partial charge on any atom is 0.263 e. The second-order valence-corrected chi connectivity index (χ2v) is 11.2. The molecule has 11 heteroatoms. The number of nitrogens with one attached hydrogen (secondary N) is 2. The quantitative estimate of drug-likeness (QED) is 0.462. The SMILES string of the molecule is CC[C@H](C(=O)Nc1ccc(S(=O)(=O)Nc2ccccn2)cc1)N(c1ccc(C)cc1)S(C)(=O)=O. The molecule has 1 aromatic heterocycles. The van der Waals surface area contributed by atoms with E-state index in [-0.39, 0.29) is 17.1 Å². The molecule has 0 fully saturated rings. The summed E-state index contributed by atoms with van der Waals surface area (Å²) in [5, 5.41) is 2.68. The molecule has 0 spiro atoms. The summed E-state index contributed by atoms with van der Waals surface area (Å²) in [4.78, 5) is 17.0. The van der Waals surface area contributed by atoms with E-state index in [0.717, 1.165) is 16.1 Å². The molecular weight excluding hydrogens is 476 g/mol. The third-order valence-electron chi connectivity index (χ3n) is 4.95. The van der Waals surface area contributed by atoms with Crippen LogP contribution in [0.4, 0.5) is 17.2 Å². The molecule has 3 rings (SSSR count). The number of benzene rings is 2. The Bertz CT molecular complexity index is 1340. The number of carbonyl (C=O) groups excluding carboxylic acids is 1. The molecule has 0 bridgehead atoms. The lowest BCUT2D eigenvalue weighted by Crippen LogP contribution is -2.47. The number of sulfonamides is 2. The van der Waals surface area contributed by atoms with Gasteiger partial charge in [-0.2, -0.15) is 0 Å². The van der Waals surface area contributed by atoms with Gasteiger partial charge < -0.3 is 5.32 Å². The fourth-order valence-electron chi connectivity index (χ4n) is 3.31. The number of carbonyl (C=O) groups is 1. The molecule has 180 valence electrons. The Hall–Kier alpha value is -3.44. The Balaban J connectivity index is 1.79. The van der Waals surface area contributed by atoms with Crippen LogP contribution >= 0.6 is 0 Å². The summed E-state index contributed by atoms with van der Waals surface area (Å²) in [5.74, 6) is -0.349. The predicted molar refractivity (Wildman–Crippen MR) is 133 cm³/mol. The first kappa shape index (κ1) is 25.2. The zero-order valence-corrected chi connectivity index (χ0v) is 20.6. The molecule has 1 heterocycles. The highest BCUT2D eigenvalue weighted by Gasteiger charge is 2.31. The summed E-state index contributed by atoms with van der Waals surface area (Å²) in [6, 6.07) is 16.3. The lowest BCUT2D eigenvalue weighted by molar-refractivity contribution is -0.117. The molecule has 2 N–H and O–H groups in total. The van der Waals surface area contributed by atoms with Gasteiger partial charge >= 0.3 is 0 Å². The maximum absolute atomic E-state index is 13.0. The minimum absolute atomic E-state index is 0.0133. The standard InChI is InChI=1S/C23H26N4O5S2/c1-4-21(27(33(3,29)30)19-12-8-17(2)9-13-19)23(28)25-18-10-14-20(15-11-18)34(31,32)26-22-7-5-6-16-24-22/h5-16,21H,4H2,1-3H3,(H,24,26)(H,25,28)/t21-/m1/s1. The molecule has 2 aromatic carbocycles. The first-order valence-corrected chi connectivity index (χ1v) is 13.8. The van der Waals surface area contributed by atoms with Crippen LogP contribution in [0.3, 0.4) is 0 Å². The third-order valence-corrected chi connectivity index (χ3v) is 7.50. The number of pyridine rings is 1. The Kier molecular flexibility index (Phi) is 7.57. The minimum atomic E-state index is -3.86. The van der Waals surface area contributed by atoms with Gasteiger partial charge in [0.25, 0.3) is 10.0 Å². The fourth-order valence-corrected chi connectivity index (χ4v) is 5.53. The molecule has 0 saturated heterocycles. The Morgan fingerprint density at radius 3 is 2.15 bits per heavy atom. The van der Waals surface area contributed by atoms with E-state index in [0.29, 0.717) is 11.4 Å². The van der Waals surface area contributed by atoms with Crippen LogP contribution in [0.15, 0.2) is 77.8 Å². The summed E-state index contributed by atoms with van der Waals surface area (Å²) >= 11 is 0. The average molecular weight is 503 g/mol. The van der Waals surface area contributed by atoms with Crippen LogP contribution in [0, 0.1) is 6.92 Å². The van der Waals surface area contributed by atoms with Crippen molar-refractivity contribution in [3.05, 3.63) is 78.5 Å². The van der Waals surface area contributed by atoms with E-state index in [1.54, 1.807) is 43.3 Å². The first-order chi connectivity index (χ1) is 16.0. The lowest BCUT2D eigenvalue weighted by atomic mass is 10.1. The highest BCUT2D eigenvalue weighted by Crippen LogP contribution is 2.24. The van der Waals surface area contributed by atoms with Gasteiger partial charge in [0, 0.05) is 11.9 Å². The number of aryl methyl sites for hydroxylation is 1. The number of amides is 1. The summed E-state index contributed by atoms with van der Waals surface area (Å²) in [6.07, 6.45) is 2.75. The summed E-state index contributed by atoms with van der Waals surface area (Å²) in [7, 11) is -7.62. The molecule has 9 nitrogen and oxygen atoms in total. The average Bonchev–Trinajstić information content (AvgIpc) is 2.78. The molecule has 0 saturated carbocycles. The van der Waals surface area contributed by atoms with Crippen molar-refractivity contribution in [3.63, 3.8) is 0 Å². The van der Waals surface area contributed by atoms with Crippen molar-refractivity contribution >= 4 is 43.1 Å². The van der Waals surface area contributed by atoms with Gasteiger partial charge in [0.1, 0.15) is 11.9 Å². The normalized spacial score (nSPS) is 12.6. The Labute approximate surface area is 199 Å². The van der Waals surface area contributed by atoms with Crippen molar-refractivity contribution in [3.8, 4) is 0 Å². The van der Waals surface area contributed by atoms with Crippen LogP contribution in [0.25, 0.3) is 0 Å². The van der Waals surface area contributed by atoms with Gasteiger partial charge in [-0.15, -0.1) is 0 Å². The van der Waals surface area contributed by atoms with Crippen molar-refractivity contribution in [2.45, 2.75) is 31.2 Å². The highest BCUT2D eigenvalue weighted by atomic mass is 32.2. The van der Waals surface area contributed by atoms with E-state index >= 15 is 0 Å². The van der Waals surface area contributed by atoms with Gasteiger partial charge in [-0.3, -0.25) is 13.8 Å². The lowest BCUT2D eigenvalue weighted by Gasteiger charge is -2.30. The maximum atomic E-state index is 13.0. The number of rotatable bonds is 9. The van der Waals surface area contributed by atoms with E-state index in [4.69, 9.17) is 0 Å². The largest absolute Gasteiger partial charge is 0.324 e. The molecule has 0 aliphatic heterocycles. The summed E-state index contributed by atoms with van der Waals surface area (Å²) < 4.78 is 53.7. The molecule has 0 aliphatic carbocycles. The number of hydrogen-bond acceptors (Lipinski definition) is 6. The molecule has 0 radical (unpaired) electrons. The predicted octanol–water partition coefficient (Wildman–Crippen LogP) is 3.37. The van der Waals surface area contributed by atoms with E-state index in [2.05, 4.69) is 15.0 Å². The fraction of sp³-hybridized carbons (Fsp3) is 0.217. The monoisotopic (exact) mass is 502 g/mol. The van der Waals surface area contributed by atoms with Crippen molar-refractivity contribution in [2.24, 2.45) is 0 Å². The van der Waals surface area contributed by atoms with Gasteiger partial charge in [-0.1, -0.05) is 30.7 Å². The van der Waals surface area contributed by atoms with Gasteiger partial charge in [0.05, 0.1) is 16.8 Å². The van der Waals surface area contributed by atoms with Gasteiger partial charge in [-0.25, -0.2) is 21.8 Å². The van der Waals surface area contributed by atoms with Crippen LogP contribution in [-0.4, -0.2) is 40.0 Å². The molecule has 3 aromatic rings. The minimum Gasteiger partial charge on any atom is -0.324 e. The number of anilines is 3. The van der Waals surface area contributed by atoms with Gasteiger partial charge in [-0.05, 0) is 61.9 Å². The smallest absolute Gasteiger partial charge is 0.263 e. The third kappa shape index (κ3) is 6.12. The van der Waals surface area contributed by atoms with Crippen LogP contribution < -0.4 is 14.3 Å². The second-order valence-electron chi connectivity index (χ2n) is 7.65. The van der Waals surface area contributed by atoms with Crippen molar-refractivity contribution < 1.29 is 21.6 Å². The van der Waals surface area contributed by atoms with Crippen LogP contribution in [0.1, 0.15) is 18.9 Å². The molecule has 1 atom stereocenters. The van der Waals surface area contributed by atoms with Gasteiger partial charge in [0.2, 0.25) is 15.9 Å². The van der Waals surface area contributed by atoms with Crippen molar-refractivity contribution in [1.29, 1.82) is 0 Å². The number of hydrogen-bond donors (Lipinski definition) is 2. The Morgan fingerprint density at radius 1 is 0.971 bits per heavy atom. The van der Waals surface area contributed by atoms with Crippen LogP contribution in [0.2, 0.25) is 0 Å². The molecule has 0 unspecified atom stereocenters. The van der Waals surface area contributed by atoms with E-state index in [1.807, 2.05) is 6.92 Å². The molecule has 34 heavy (non-hydrogen) atoms. The van der Waals surface area contributed by atoms with Gasteiger partial charge in [0.15, 0.2) is 0 Å². The zero-order chi connectivity index (χ0) is 24.9. The molecule has 0 aliphatic rings. The number of nitrogens with zero attached hydrogens (tertiary/aromatic N) is 2. The number of aromatic nitrogens is 1. The highest BCUT2D eigenvalue weighted by molar-refractivity contribution is 7.92. The van der Waals surface area contributed by atoms with Crippen LogP contribution in [0.5, 0.6) is 0 Å². The summed E-state index contributed by atoms with van der Waals surface area (Å²) in [5.41, 5.74) is 1.68. The van der Waals surface area contributed by atoms with Crippen molar-refractivity contribution in [2.75, 3.05) is 20.6 Å². The second kappa shape index (κ2) is 10.2. The van der Waals surface area contributed by atoms with Crippen molar-refractivity contribution in [1.82, 2.24) is 4.98 Å². The molecule has 1 amide bonds. The van der Waals surface area contributed by atoms with Crippen LogP contribution in [-0.2, 0) is 24.8 Å². The topological polar surface area (TPSA) is 126 Å². The molecular formula is C23H26N4O5S2. The van der Waals surface area contributed by atoms with E-state index in [9.17, 15) is 21.6 Å².